The van der Waals surface area contributed by atoms with E-state index in [-0.39, 0.29) is 18.1 Å². The maximum atomic E-state index is 11.7. The number of urea groups is 1. The Bertz CT molecular complexity index is 586. The minimum absolute atomic E-state index is 0.0606. The van der Waals surface area contributed by atoms with E-state index in [1.807, 2.05) is 30.3 Å². The number of aromatic nitrogens is 3. The molecule has 1 heterocycles. The second-order valence-corrected chi connectivity index (χ2v) is 6.09. The molecule has 0 aliphatic rings. The van der Waals surface area contributed by atoms with Crippen molar-refractivity contribution >= 4 is 6.03 Å². The molecule has 0 unspecified atom stereocenters. The van der Waals surface area contributed by atoms with Crippen LogP contribution in [0.1, 0.15) is 20.8 Å². The summed E-state index contributed by atoms with van der Waals surface area (Å²) in [6, 6.07) is 9.59. The summed E-state index contributed by atoms with van der Waals surface area (Å²) >= 11 is 0. The van der Waals surface area contributed by atoms with Crippen LogP contribution in [0.3, 0.4) is 0 Å². The van der Waals surface area contributed by atoms with E-state index in [0.29, 0.717) is 6.54 Å². The number of nitrogens with zero attached hydrogens (tertiary/aromatic N) is 3. The number of carbonyl (C=O) groups is 1. The molecule has 2 N–H and O–H groups in total. The Morgan fingerprint density at radius 3 is 2.57 bits per heavy atom. The first kappa shape index (κ1) is 15.0. The van der Waals surface area contributed by atoms with E-state index >= 15 is 0 Å². The molecular weight excluding hydrogens is 266 g/mol. The van der Waals surface area contributed by atoms with E-state index in [1.165, 1.54) is 0 Å². The van der Waals surface area contributed by atoms with Gasteiger partial charge < -0.3 is 10.6 Å². The third-order valence-corrected chi connectivity index (χ3v) is 2.79. The van der Waals surface area contributed by atoms with E-state index in [2.05, 4.69) is 41.7 Å². The molecule has 0 atom stereocenters. The van der Waals surface area contributed by atoms with Gasteiger partial charge in [0.05, 0.1) is 6.20 Å². The SMILES string of the molecule is CC(C)(C)CNC(=O)NCn1cc(-c2ccccc2)nn1. The van der Waals surface area contributed by atoms with Crippen LogP contribution in [0.2, 0.25) is 0 Å². The van der Waals surface area contributed by atoms with Crippen LogP contribution in [-0.2, 0) is 6.67 Å². The molecule has 1 aromatic heterocycles. The fourth-order valence-corrected chi connectivity index (χ4v) is 1.68. The average molecular weight is 287 g/mol. The van der Waals surface area contributed by atoms with Crippen LogP contribution in [0.15, 0.2) is 36.5 Å². The molecule has 21 heavy (non-hydrogen) atoms. The molecule has 2 amide bonds. The quantitative estimate of drug-likeness (QED) is 0.906. The van der Waals surface area contributed by atoms with Gasteiger partial charge in [0, 0.05) is 12.1 Å². The highest BCUT2D eigenvalue weighted by Gasteiger charge is 2.11. The Balaban J connectivity index is 1.85. The third kappa shape index (κ3) is 4.91. The maximum absolute atomic E-state index is 11.7. The number of amides is 2. The van der Waals surface area contributed by atoms with Gasteiger partial charge in [0.25, 0.3) is 0 Å². The first-order valence-electron chi connectivity index (χ1n) is 6.91. The van der Waals surface area contributed by atoms with Gasteiger partial charge in [-0.05, 0) is 5.41 Å². The van der Waals surface area contributed by atoms with Crippen molar-refractivity contribution < 1.29 is 4.79 Å². The van der Waals surface area contributed by atoms with Gasteiger partial charge in [0.2, 0.25) is 0 Å². The Kier molecular flexibility index (Phi) is 4.57. The van der Waals surface area contributed by atoms with Gasteiger partial charge in [-0.3, -0.25) is 0 Å². The highest BCUT2D eigenvalue weighted by atomic mass is 16.2. The van der Waals surface area contributed by atoms with Crippen LogP contribution in [0, 0.1) is 5.41 Å². The van der Waals surface area contributed by atoms with Crippen LogP contribution >= 0.6 is 0 Å². The van der Waals surface area contributed by atoms with Crippen molar-refractivity contribution in [1.82, 2.24) is 25.6 Å². The van der Waals surface area contributed by atoms with Gasteiger partial charge in [-0.1, -0.05) is 56.3 Å². The monoisotopic (exact) mass is 287 g/mol. The topological polar surface area (TPSA) is 71.8 Å². The largest absolute Gasteiger partial charge is 0.338 e. The highest BCUT2D eigenvalue weighted by molar-refractivity contribution is 5.73. The zero-order valence-corrected chi connectivity index (χ0v) is 12.6. The minimum Gasteiger partial charge on any atom is -0.338 e. The lowest BCUT2D eigenvalue weighted by molar-refractivity contribution is 0.232. The summed E-state index contributed by atoms with van der Waals surface area (Å²) in [5.41, 5.74) is 1.85. The molecular formula is C15H21N5O. The molecule has 0 radical (unpaired) electrons. The Hall–Kier alpha value is -2.37. The van der Waals surface area contributed by atoms with Crippen molar-refractivity contribution in [2.75, 3.05) is 6.54 Å². The second-order valence-electron chi connectivity index (χ2n) is 6.09. The van der Waals surface area contributed by atoms with Crippen molar-refractivity contribution in [3.05, 3.63) is 36.5 Å². The summed E-state index contributed by atoms with van der Waals surface area (Å²) in [4.78, 5) is 11.7. The van der Waals surface area contributed by atoms with E-state index in [0.717, 1.165) is 11.3 Å². The minimum atomic E-state index is -0.207. The van der Waals surface area contributed by atoms with E-state index < -0.39 is 0 Å². The van der Waals surface area contributed by atoms with Crippen molar-refractivity contribution in [3.63, 3.8) is 0 Å². The predicted molar refractivity (Wildman–Crippen MR) is 81.4 cm³/mol. The Labute approximate surface area is 124 Å². The van der Waals surface area contributed by atoms with Crippen LogP contribution in [0.5, 0.6) is 0 Å². The molecule has 0 saturated heterocycles. The number of nitrogens with one attached hydrogen (secondary N) is 2. The highest BCUT2D eigenvalue weighted by Crippen LogP contribution is 2.14. The summed E-state index contributed by atoms with van der Waals surface area (Å²) < 4.78 is 1.60. The lowest BCUT2D eigenvalue weighted by Gasteiger charge is -2.18. The molecule has 2 rings (SSSR count). The van der Waals surface area contributed by atoms with Gasteiger partial charge >= 0.3 is 6.03 Å². The number of hydrogen-bond donors (Lipinski definition) is 2. The number of hydrogen-bond acceptors (Lipinski definition) is 3. The summed E-state index contributed by atoms with van der Waals surface area (Å²) in [5.74, 6) is 0. The normalized spacial score (nSPS) is 11.2. The zero-order chi connectivity index (χ0) is 15.3. The van der Waals surface area contributed by atoms with Crippen molar-refractivity contribution in [3.8, 4) is 11.3 Å². The van der Waals surface area contributed by atoms with Gasteiger partial charge in [-0.2, -0.15) is 0 Å². The molecule has 0 saturated carbocycles. The van der Waals surface area contributed by atoms with Crippen LogP contribution in [-0.4, -0.2) is 27.6 Å². The number of rotatable bonds is 4. The van der Waals surface area contributed by atoms with Crippen molar-refractivity contribution in [1.29, 1.82) is 0 Å². The second kappa shape index (κ2) is 6.39. The third-order valence-electron chi connectivity index (χ3n) is 2.79. The van der Waals surface area contributed by atoms with Gasteiger partial charge in [-0.15, -0.1) is 5.10 Å². The fraction of sp³-hybridized carbons (Fsp3) is 0.400. The van der Waals surface area contributed by atoms with E-state index in [1.54, 1.807) is 10.9 Å². The molecule has 6 nitrogen and oxygen atoms in total. The maximum Gasteiger partial charge on any atom is 0.316 e. The first-order chi connectivity index (χ1) is 9.94. The molecule has 1 aromatic carbocycles. The fourth-order valence-electron chi connectivity index (χ4n) is 1.68. The molecule has 0 aliphatic heterocycles. The molecule has 0 bridgehead atoms. The summed E-state index contributed by atoms with van der Waals surface area (Å²) in [7, 11) is 0. The lowest BCUT2D eigenvalue weighted by atomic mass is 9.97. The number of benzene rings is 1. The predicted octanol–water partition coefficient (Wildman–Crippen LogP) is 2.25. The first-order valence-corrected chi connectivity index (χ1v) is 6.91. The van der Waals surface area contributed by atoms with Gasteiger partial charge in [-0.25, -0.2) is 9.48 Å². The van der Waals surface area contributed by atoms with Crippen molar-refractivity contribution in [2.24, 2.45) is 5.41 Å². The zero-order valence-electron chi connectivity index (χ0n) is 12.6. The summed E-state index contributed by atoms with van der Waals surface area (Å²) in [6.45, 7) is 7.10. The summed E-state index contributed by atoms with van der Waals surface area (Å²) in [6.07, 6.45) is 1.80. The van der Waals surface area contributed by atoms with Gasteiger partial charge in [0.1, 0.15) is 12.4 Å². The molecule has 2 aromatic rings. The van der Waals surface area contributed by atoms with E-state index in [4.69, 9.17) is 0 Å². The molecule has 0 aliphatic carbocycles. The molecule has 0 fully saturated rings. The lowest BCUT2D eigenvalue weighted by Crippen LogP contribution is -2.40. The standard InChI is InChI=1S/C15H21N5O/c1-15(2,3)10-16-14(21)17-11-20-9-13(18-19-20)12-7-5-4-6-8-12/h4-9H,10-11H2,1-3H3,(H2,16,17,21). The average Bonchev–Trinajstić information content (AvgIpc) is 2.92. The smallest absolute Gasteiger partial charge is 0.316 e. The molecule has 0 spiro atoms. The van der Waals surface area contributed by atoms with Gasteiger partial charge in [0.15, 0.2) is 0 Å². The Morgan fingerprint density at radius 2 is 1.90 bits per heavy atom. The Morgan fingerprint density at radius 1 is 1.19 bits per heavy atom. The number of carbonyl (C=O) groups excluding carboxylic acids is 1. The van der Waals surface area contributed by atoms with Crippen LogP contribution in [0.25, 0.3) is 11.3 Å². The van der Waals surface area contributed by atoms with Crippen LogP contribution < -0.4 is 10.6 Å². The van der Waals surface area contributed by atoms with E-state index in [9.17, 15) is 4.79 Å². The molecule has 112 valence electrons. The molecule has 6 heteroatoms. The summed E-state index contributed by atoms with van der Waals surface area (Å²) in [5, 5.41) is 13.7. The van der Waals surface area contributed by atoms with Crippen LogP contribution in [0.4, 0.5) is 4.79 Å². The van der Waals surface area contributed by atoms with Crippen molar-refractivity contribution in [2.45, 2.75) is 27.4 Å².